The second-order valence-corrected chi connectivity index (χ2v) is 7.44. The van der Waals surface area contributed by atoms with Crippen LogP contribution in [0.5, 0.6) is 0 Å². The van der Waals surface area contributed by atoms with Crippen LogP contribution in [0.25, 0.3) is 0 Å². The molecule has 27 heavy (non-hydrogen) atoms. The molecule has 3 rings (SSSR count). The van der Waals surface area contributed by atoms with E-state index < -0.39 is 0 Å². The van der Waals surface area contributed by atoms with E-state index in [4.69, 9.17) is 4.99 Å². The highest BCUT2D eigenvalue weighted by molar-refractivity contribution is 14.0. The number of guanidine groups is 1. The van der Waals surface area contributed by atoms with Gasteiger partial charge < -0.3 is 15.5 Å². The molecule has 1 aromatic carbocycles. The summed E-state index contributed by atoms with van der Waals surface area (Å²) in [5.41, 5.74) is 1.78. The Morgan fingerprint density at radius 3 is 2.41 bits per heavy atom. The van der Waals surface area contributed by atoms with Gasteiger partial charge in [-0.25, -0.2) is 4.99 Å². The number of nitrogens with zero attached hydrogens (tertiary/aromatic N) is 2. The van der Waals surface area contributed by atoms with Crippen LogP contribution in [0.2, 0.25) is 0 Å². The summed E-state index contributed by atoms with van der Waals surface area (Å²) in [5.74, 6) is 2.68. The Kier molecular flexibility index (Phi) is 8.86. The molecule has 1 aliphatic carbocycles. The van der Waals surface area contributed by atoms with E-state index in [1.54, 1.807) is 0 Å². The first-order valence-electron chi connectivity index (χ1n) is 10.1. The fourth-order valence-electron chi connectivity index (χ4n) is 4.24. The molecule has 2 N–H and O–H groups in total. The van der Waals surface area contributed by atoms with Gasteiger partial charge in [0.1, 0.15) is 0 Å². The van der Waals surface area contributed by atoms with Crippen molar-refractivity contribution < 1.29 is 4.79 Å². The molecular formula is C21H33IN4O. The number of hydrogen-bond donors (Lipinski definition) is 2. The quantitative estimate of drug-likeness (QED) is 0.381. The van der Waals surface area contributed by atoms with Gasteiger partial charge in [0.05, 0.1) is 6.54 Å². The van der Waals surface area contributed by atoms with E-state index in [0.717, 1.165) is 43.0 Å². The van der Waals surface area contributed by atoms with Gasteiger partial charge in [0.25, 0.3) is 5.91 Å². The van der Waals surface area contributed by atoms with Crippen molar-refractivity contribution in [3.8, 4) is 0 Å². The highest BCUT2D eigenvalue weighted by atomic mass is 127. The van der Waals surface area contributed by atoms with Gasteiger partial charge in [0, 0.05) is 31.7 Å². The normalized spacial score (nSPS) is 22.0. The van der Waals surface area contributed by atoms with E-state index in [9.17, 15) is 4.79 Å². The second-order valence-electron chi connectivity index (χ2n) is 7.44. The van der Waals surface area contributed by atoms with Gasteiger partial charge in [-0.2, -0.15) is 0 Å². The molecule has 2 aliphatic rings. The highest BCUT2D eigenvalue weighted by Crippen LogP contribution is 2.35. The summed E-state index contributed by atoms with van der Waals surface area (Å²) in [6.45, 7) is 8.44. The number of benzene rings is 1. The number of halogens is 1. The van der Waals surface area contributed by atoms with Gasteiger partial charge in [0.15, 0.2) is 5.96 Å². The van der Waals surface area contributed by atoms with Gasteiger partial charge in [0.2, 0.25) is 0 Å². The first kappa shape index (κ1) is 22.0. The summed E-state index contributed by atoms with van der Waals surface area (Å²) in [6.07, 6.45) is 5.51. The maximum atomic E-state index is 12.0. The van der Waals surface area contributed by atoms with Crippen LogP contribution in [0.15, 0.2) is 29.3 Å². The van der Waals surface area contributed by atoms with Crippen molar-refractivity contribution in [2.24, 2.45) is 16.8 Å². The zero-order valence-electron chi connectivity index (χ0n) is 16.5. The molecule has 2 unspecified atom stereocenters. The van der Waals surface area contributed by atoms with Crippen LogP contribution in [-0.2, 0) is 6.54 Å². The molecule has 0 spiro atoms. The fraction of sp³-hybridized carbons (Fsp3) is 0.619. The Labute approximate surface area is 180 Å². The lowest BCUT2D eigenvalue weighted by Gasteiger charge is -2.22. The van der Waals surface area contributed by atoms with Gasteiger partial charge in [-0.1, -0.05) is 25.0 Å². The predicted molar refractivity (Wildman–Crippen MR) is 122 cm³/mol. The van der Waals surface area contributed by atoms with Crippen molar-refractivity contribution in [1.82, 2.24) is 15.5 Å². The van der Waals surface area contributed by atoms with Crippen molar-refractivity contribution in [3.63, 3.8) is 0 Å². The average Bonchev–Trinajstić information content (AvgIpc) is 3.09. The molecule has 1 saturated carbocycles. The van der Waals surface area contributed by atoms with Gasteiger partial charge in [-0.05, 0) is 56.2 Å². The van der Waals surface area contributed by atoms with E-state index >= 15 is 0 Å². The minimum atomic E-state index is -0.0196. The largest absolute Gasteiger partial charge is 0.357 e. The molecular weight excluding hydrogens is 451 g/mol. The van der Waals surface area contributed by atoms with E-state index in [-0.39, 0.29) is 29.9 Å². The summed E-state index contributed by atoms with van der Waals surface area (Å²) in [5, 5.41) is 6.31. The summed E-state index contributed by atoms with van der Waals surface area (Å²) in [7, 11) is 0. The molecule has 1 aromatic rings. The predicted octanol–water partition coefficient (Wildman–Crippen LogP) is 3.64. The minimum absolute atomic E-state index is 0. The maximum absolute atomic E-state index is 12.0. The molecule has 0 bridgehead atoms. The van der Waals surface area contributed by atoms with Crippen LogP contribution in [0.1, 0.15) is 55.5 Å². The lowest BCUT2D eigenvalue weighted by molar-refractivity contribution is 0.0955. The van der Waals surface area contributed by atoms with E-state index in [2.05, 4.69) is 22.5 Å². The maximum Gasteiger partial charge on any atom is 0.251 e. The lowest BCUT2D eigenvalue weighted by Crippen LogP contribution is -2.40. The summed E-state index contributed by atoms with van der Waals surface area (Å²) < 4.78 is 0. The van der Waals surface area contributed by atoms with E-state index in [1.165, 1.54) is 25.7 Å². The van der Waals surface area contributed by atoms with Crippen LogP contribution >= 0.6 is 24.0 Å². The molecule has 5 nitrogen and oxygen atoms in total. The van der Waals surface area contributed by atoms with Crippen LogP contribution in [0.4, 0.5) is 0 Å². The molecule has 1 saturated heterocycles. The van der Waals surface area contributed by atoms with E-state index in [0.29, 0.717) is 18.7 Å². The van der Waals surface area contributed by atoms with E-state index in [1.807, 2.05) is 31.2 Å². The Bertz CT molecular complexity index is 635. The third-order valence-electron chi connectivity index (χ3n) is 5.55. The fourth-order valence-corrected chi connectivity index (χ4v) is 4.24. The average molecular weight is 484 g/mol. The van der Waals surface area contributed by atoms with Crippen molar-refractivity contribution in [2.45, 2.75) is 46.1 Å². The number of carbonyl (C=O) groups excluding carboxylic acids is 1. The van der Waals surface area contributed by atoms with Crippen LogP contribution < -0.4 is 10.6 Å². The molecule has 1 amide bonds. The molecule has 0 aromatic heterocycles. The zero-order chi connectivity index (χ0) is 18.4. The van der Waals surface area contributed by atoms with Gasteiger partial charge in [-0.15, -0.1) is 24.0 Å². The van der Waals surface area contributed by atoms with Crippen LogP contribution in [-0.4, -0.2) is 42.9 Å². The number of hydrogen-bond acceptors (Lipinski definition) is 2. The first-order chi connectivity index (χ1) is 12.7. The van der Waals surface area contributed by atoms with Gasteiger partial charge in [-0.3, -0.25) is 4.79 Å². The Balaban J connectivity index is 0.00000261. The van der Waals surface area contributed by atoms with Crippen LogP contribution in [0.3, 0.4) is 0 Å². The molecule has 1 aliphatic heterocycles. The number of carbonyl (C=O) groups is 1. The van der Waals surface area contributed by atoms with Gasteiger partial charge >= 0.3 is 0 Å². The smallest absolute Gasteiger partial charge is 0.251 e. The number of amides is 1. The molecule has 0 radical (unpaired) electrons. The van der Waals surface area contributed by atoms with Crippen molar-refractivity contribution in [3.05, 3.63) is 35.4 Å². The molecule has 2 atom stereocenters. The molecule has 150 valence electrons. The van der Waals surface area contributed by atoms with Crippen molar-refractivity contribution >= 4 is 35.8 Å². The Hall–Kier alpha value is -1.31. The van der Waals surface area contributed by atoms with Crippen molar-refractivity contribution in [1.29, 1.82) is 0 Å². The number of likely N-dealkylation sites (tertiary alicyclic amines) is 1. The summed E-state index contributed by atoms with van der Waals surface area (Å²) in [6, 6.07) is 7.78. The summed E-state index contributed by atoms with van der Waals surface area (Å²) in [4.78, 5) is 19.3. The number of nitrogens with one attached hydrogen (secondary N) is 2. The molecule has 6 heteroatoms. The topological polar surface area (TPSA) is 56.7 Å². The minimum Gasteiger partial charge on any atom is -0.357 e. The Morgan fingerprint density at radius 1 is 1.11 bits per heavy atom. The SMILES string of the molecule is CCNC(=O)c1cccc(CN=C(NCC)N2CC3CCCCC3C2)c1.I. The zero-order valence-corrected chi connectivity index (χ0v) is 18.9. The standard InChI is InChI=1S/C21H32N4O.HI/c1-3-22-20(26)17-11-7-8-16(12-17)13-24-21(23-4-2)25-14-18-9-5-6-10-19(18)15-25;/h7-8,11-12,18-19H,3-6,9-10,13-15H2,1-2H3,(H,22,26)(H,23,24);1H. The highest BCUT2D eigenvalue weighted by Gasteiger charge is 2.35. The number of rotatable bonds is 5. The number of fused-ring (bicyclic) bond motifs is 1. The molecule has 2 fully saturated rings. The molecule has 1 heterocycles. The lowest BCUT2D eigenvalue weighted by atomic mass is 9.82. The third kappa shape index (κ3) is 5.83. The van der Waals surface area contributed by atoms with Crippen molar-refractivity contribution in [2.75, 3.05) is 26.2 Å². The first-order valence-corrected chi connectivity index (χ1v) is 10.1. The number of aliphatic imine (C=N–C) groups is 1. The summed E-state index contributed by atoms with van der Waals surface area (Å²) >= 11 is 0. The monoisotopic (exact) mass is 484 g/mol. The second kappa shape index (κ2) is 10.9. The Morgan fingerprint density at radius 2 is 1.78 bits per heavy atom. The van der Waals surface area contributed by atoms with Crippen LogP contribution in [0, 0.1) is 11.8 Å². The third-order valence-corrected chi connectivity index (χ3v) is 5.55.